The van der Waals surface area contributed by atoms with Crippen molar-refractivity contribution in [3.8, 4) is 0 Å². The lowest BCUT2D eigenvalue weighted by molar-refractivity contribution is 0.615. The first-order valence-electron chi connectivity index (χ1n) is 2.72. The fraction of sp³-hybridized carbons (Fsp3) is 1.00. The van der Waals surface area contributed by atoms with Gasteiger partial charge in [-0.05, 0) is 6.42 Å². The van der Waals surface area contributed by atoms with E-state index in [0.29, 0.717) is 6.54 Å². The van der Waals surface area contributed by atoms with Crippen LogP contribution in [0.15, 0.2) is 0 Å². The van der Waals surface area contributed by atoms with Crippen LogP contribution in [0.1, 0.15) is 26.2 Å². The zero-order chi connectivity index (χ0) is 5.54. The van der Waals surface area contributed by atoms with E-state index in [0.717, 1.165) is 6.42 Å². The van der Waals surface area contributed by atoms with Gasteiger partial charge in [0.1, 0.15) is 0 Å². The van der Waals surface area contributed by atoms with E-state index < -0.39 is 0 Å². The lowest BCUT2D eigenvalue weighted by atomic mass is 10.3. The van der Waals surface area contributed by atoms with Gasteiger partial charge in [-0.3, -0.25) is 0 Å². The third-order valence-corrected chi connectivity index (χ3v) is 0.862. The molecular weight excluding hydrogens is 88.1 g/mol. The second-order valence-electron chi connectivity index (χ2n) is 1.57. The lowest BCUT2D eigenvalue weighted by Crippen LogP contribution is -2.01. The molecule has 0 atom stereocenters. The molecule has 0 heterocycles. The predicted molar refractivity (Wildman–Crippen MR) is 28.7 cm³/mol. The van der Waals surface area contributed by atoms with Crippen LogP contribution in [0.3, 0.4) is 0 Å². The van der Waals surface area contributed by atoms with Gasteiger partial charge < -0.3 is 0 Å². The Balaban J connectivity index is 2.45. The summed E-state index contributed by atoms with van der Waals surface area (Å²) in [5.74, 6) is 7.92. The second kappa shape index (κ2) is 5.92. The molecule has 0 aromatic carbocycles. The molecule has 40 valence electrons. The quantitative estimate of drug-likeness (QED) is 0.368. The van der Waals surface area contributed by atoms with E-state index in [-0.39, 0.29) is 0 Å². The molecule has 0 aliphatic heterocycles. The van der Waals surface area contributed by atoms with Crippen LogP contribution in [-0.2, 0) is 0 Å². The third kappa shape index (κ3) is 5.92. The van der Waals surface area contributed by atoms with Gasteiger partial charge in [-0.15, -0.1) is 0 Å². The van der Waals surface area contributed by atoms with Gasteiger partial charge in [0.2, 0.25) is 12.0 Å². The first-order valence-corrected chi connectivity index (χ1v) is 2.72. The highest BCUT2D eigenvalue weighted by Gasteiger charge is 1.95. The van der Waals surface area contributed by atoms with Crippen LogP contribution in [0, 0.1) is 0 Å². The molecule has 0 rings (SSSR count). The second-order valence-corrected chi connectivity index (χ2v) is 1.57. The van der Waals surface area contributed by atoms with E-state index in [1.54, 1.807) is 0 Å². The minimum absolute atomic E-state index is 0.605. The topological polar surface area (TPSA) is 36.4 Å². The van der Waals surface area contributed by atoms with E-state index in [1.165, 1.54) is 12.8 Å². The molecule has 7 heavy (non-hydrogen) atoms. The highest BCUT2D eigenvalue weighted by molar-refractivity contribution is 4.37. The Morgan fingerprint density at radius 2 is 2.14 bits per heavy atom. The van der Waals surface area contributed by atoms with Crippen molar-refractivity contribution in [3.63, 3.8) is 0 Å². The predicted octanol–water partition coefficient (Wildman–Crippen LogP) is 0.765. The Morgan fingerprint density at radius 1 is 1.43 bits per heavy atom. The van der Waals surface area contributed by atoms with Gasteiger partial charge in [-0.2, -0.15) is 0 Å². The largest absolute Gasteiger partial charge is 0.265 e. The number of unbranched alkanes of at least 4 members (excludes halogenated alkanes) is 2. The van der Waals surface area contributed by atoms with Crippen molar-refractivity contribution in [1.82, 2.24) is 11.3 Å². The van der Waals surface area contributed by atoms with E-state index in [2.05, 4.69) is 12.3 Å². The van der Waals surface area contributed by atoms with Gasteiger partial charge in [-0.25, -0.2) is 0 Å². The molecule has 2 nitrogen and oxygen atoms in total. The molecule has 2 heteroatoms. The van der Waals surface area contributed by atoms with Crippen molar-refractivity contribution in [2.24, 2.45) is 0 Å². The van der Waals surface area contributed by atoms with Crippen molar-refractivity contribution < 1.29 is 0 Å². The Bertz CT molecular complexity index is 25.3. The molecule has 0 amide bonds. The molecule has 0 aliphatic rings. The van der Waals surface area contributed by atoms with Crippen LogP contribution in [-0.4, -0.2) is 6.54 Å². The van der Waals surface area contributed by atoms with Gasteiger partial charge in [0.15, 0.2) is 0 Å². The molecule has 0 unspecified atom stereocenters. The van der Waals surface area contributed by atoms with Crippen LogP contribution in [0.5, 0.6) is 0 Å². The zero-order valence-corrected chi connectivity index (χ0v) is 4.72. The number of hydrogen-bond donors (Lipinski definition) is 0. The summed E-state index contributed by atoms with van der Waals surface area (Å²) in [6, 6.07) is 0. The minimum Gasteiger partial charge on any atom is -0.0654 e. The fourth-order valence-corrected chi connectivity index (χ4v) is 0.433. The van der Waals surface area contributed by atoms with Gasteiger partial charge in [0, 0.05) is 6.42 Å². The van der Waals surface area contributed by atoms with Gasteiger partial charge in [0.25, 0.3) is 5.84 Å². The molecule has 0 fully saturated rings. The van der Waals surface area contributed by atoms with E-state index >= 15 is 0 Å². The normalized spacial score (nSPS) is 9.43. The van der Waals surface area contributed by atoms with Crippen molar-refractivity contribution in [2.75, 3.05) is 6.54 Å². The van der Waals surface area contributed by atoms with Crippen LogP contribution in [0.4, 0.5) is 0 Å². The summed E-state index contributed by atoms with van der Waals surface area (Å²) in [4.78, 5) is 0. The Hall–Kier alpha value is -0.0800. The molecule has 0 saturated carbocycles. The van der Waals surface area contributed by atoms with Gasteiger partial charge >= 0.3 is 0 Å². The van der Waals surface area contributed by atoms with Crippen LogP contribution >= 0.6 is 0 Å². The van der Waals surface area contributed by atoms with E-state index in [4.69, 9.17) is 5.84 Å². The van der Waals surface area contributed by atoms with E-state index in [1.807, 2.05) is 0 Å². The average molecular weight is 99.2 g/mol. The first-order chi connectivity index (χ1) is 3.41. The van der Waals surface area contributed by atoms with E-state index in [9.17, 15) is 0 Å². The third-order valence-electron chi connectivity index (χ3n) is 0.862. The highest BCUT2D eigenvalue weighted by atomic mass is 15.2. The molecule has 4 radical (unpaired) electrons. The Kier molecular flexibility index (Phi) is 5.85. The summed E-state index contributed by atoms with van der Waals surface area (Å²) >= 11 is 0. The van der Waals surface area contributed by atoms with Crippen molar-refractivity contribution in [3.05, 3.63) is 0 Å². The summed E-state index contributed by atoms with van der Waals surface area (Å²) < 4.78 is 0. The SMILES string of the molecule is CCCCC[N+][N]. The molecule has 0 aliphatic carbocycles. The van der Waals surface area contributed by atoms with Crippen LogP contribution in [0.2, 0.25) is 0 Å². The molecule has 0 bridgehead atoms. The number of hydrogen-bond acceptors (Lipinski definition) is 0. The first kappa shape index (κ1) is 6.92. The van der Waals surface area contributed by atoms with Crippen LogP contribution < -0.4 is 11.3 Å². The number of rotatable bonds is 4. The molecule has 0 N–H and O–H groups in total. The monoisotopic (exact) mass is 99.1 g/mol. The maximum atomic E-state index is 7.92. The number of nitrogens with zero attached hydrogens (tertiary/aromatic N) is 2. The fourth-order valence-electron chi connectivity index (χ4n) is 0.433. The minimum atomic E-state index is 0.605. The summed E-state index contributed by atoms with van der Waals surface area (Å²) in [5.41, 5.74) is 2.97. The molecule has 0 aromatic heterocycles. The molecular formula is C5H11N2+. The van der Waals surface area contributed by atoms with Crippen LogP contribution in [0.25, 0.3) is 0 Å². The van der Waals surface area contributed by atoms with Crippen molar-refractivity contribution in [2.45, 2.75) is 26.2 Å². The average Bonchev–Trinajstić information content (AvgIpc) is 1.69. The molecule has 0 saturated heterocycles. The summed E-state index contributed by atoms with van der Waals surface area (Å²) in [5, 5.41) is 0. The standard InChI is InChI=1S/C5H11N2/c1-2-3-4-5-7-6/h2-5H2,1H3/q+1. The highest BCUT2D eigenvalue weighted by Crippen LogP contribution is 1.89. The maximum absolute atomic E-state index is 7.92. The summed E-state index contributed by atoms with van der Waals surface area (Å²) in [7, 11) is 0. The summed E-state index contributed by atoms with van der Waals surface area (Å²) in [6.07, 6.45) is 3.38. The Labute approximate surface area is 45.1 Å². The van der Waals surface area contributed by atoms with Gasteiger partial charge in [-0.1, -0.05) is 13.3 Å². The molecule has 0 aromatic rings. The smallest absolute Gasteiger partial charge is 0.0654 e. The van der Waals surface area contributed by atoms with Crippen molar-refractivity contribution >= 4 is 0 Å². The Morgan fingerprint density at radius 3 is 2.57 bits per heavy atom. The van der Waals surface area contributed by atoms with Gasteiger partial charge in [0.05, 0.1) is 0 Å². The van der Waals surface area contributed by atoms with Crippen molar-refractivity contribution in [1.29, 1.82) is 0 Å². The molecule has 0 spiro atoms. The summed E-state index contributed by atoms with van der Waals surface area (Å²) in [6.45, 7) is 2.73. The lowest BCUT2D eigenvalue weighted by Gasteiger charge is -1.81. The zero-order valence-electron chi connectivity index (χ0n) is 4.72. The maximum Gasteiger partial charge on any atom is 0.265 e.